The third-order valence-corrected chi connectivity index (χ3v) is 4.94. The van der Waals surface area contributed by atoms with E-state index in [1.807, 2.05) is 48.5 Å². The van der Waals surface area contributed by atoms with Gasteiger partial charge in [-0.3, -0.25) is 0 Å². The molecular formula is C23H16BrNO4. The molecule has 3 aromatic carbocycles. The largest absolute Gasteiger partial charge is 0.460 e. The Hall–Kier alpha value is -3.14. The average Bonchev–Trinajstić information content (AvgIpc) is 2.77. The van der Waals surface area contributed by atoms with E-state index in [2.05, 4.69) is 15.9 Å². The summed E-state index contributed by atoms with van der Waals surface area (Å²) >= 11 is 3.48. The second-order valence-electron chi connectivity index (χ2n) is 6.49. The summed E-state index contributed by atoms with van der Waals surface area (Å²) < 4.78 is 18.3. The summed E-state index contributed by atoms with van der Waals surface area (Å²) in [5, 5.41) is 9.00. The van der Waals surface area contributed by atoms with Crippen molar-refractivity contribution in [2.75, 3.05) is 0 Å². The third-order valence-electron chi connectivity index (χ3n) is 4.48. The van der Waals surface area contributed by atoms with Gasteiger partial charge in [-0.25, -0.2) is 4.79 Å². The number of nitriles is 1. The lowest BCUT2D eigenvalue weighted by Gasteiger charge is -2.28. The van der Waals surface area contributed by atoms with Crippen molar-refractivity contribution in [3.05, 3.63) is 99.0 Å². The van der Waals surface area contributed by atoms with Crippen LogP contribution in [0.5, 0.6) is 5.75 Å². The van der Waals surface area contributed by atoms with Crippen LogP contribution in [-0.2, 0) is 22.7 Å². The van der Waals surface area contributed by atoms with Crippen LogP contribution in [0.3, 0.4) is 0 Å². The normalized spacial score (nSPS) is 15.0. The molecule has 144 valence electrons. The standard InChI is InChI=1S/C23H16BrNO4/c24-20-10-18(13-27-22(26)17-8-4-5-15(9-17)12-25)21-19(11-20)14-28-23(29-21)16-6-2-1-3-7-16/h1-11,23H,13-14H2. The Morgan fingerprint density at radius 1 is 1.14 bits per heavy atom. The Morgan fingerprint density at radius 3 is 2.76 bits per heavy atom. The van der Waals surface area contributed by atoms with Crippen LogP contribution in [0.2, 0.25) is 0 Å². The first-order valence-electron chi connectivity index (χ1n) is 8.96. The molecule has 0 saturated heterocycles. The SMILES string of the molecule is N#Cc1cccc(C(=O)OCc2cc(Br)cc3c2OC(c2ccccc2)OC3)c1. The van der Waals surface area contributed by atoms with E-state index in [1.54, 1.807) is 18.2 Å². The molecule has 1 unspecified atom stereocenters. The molecule has 0 fully saturated rings. The number of carbonyl (C=O) groups is 1. The van der Waals surface area contributed by atoms with Crippen molar-refractivity contribution < 1.29 is 19.0 Å². The average molecular weight is 450 g/mol. The summed E-state index contributed by atoms with van der Waals surface area (Å²) in [7, 11) is 0. The maximum atomic E-state index is 12.4. The predicted molar refractivity (Wildman–Crippen MR) is 109 cm³/mol. The van der Waals surface area contributed by atoms with E-state index in [4.69, 9.17) is 19.5 Å². The van der Waals surface area contributed by atoms with Gasteiger partial charge in [-0.2, -0.15) is 5.26 Å². The van der Waals surface area contributed by atoms with Crippen molar-refractivity contribution in [2.24, 2.45) is 0 Å². The first-order valence-corrected chi connectivity index (χ1v) is 9.75. The van der Waals surface area contributed by atoms with Crippen molar-refractivity contribution in [2.45, 2.75) is 19.5 Å². The lowest BCUT2D eigenvalue weighted by Crippen LogP contribution is -2.19. The molecule has 29 heavy (non-hydrogen) atoms. The Balaban J connectivity index is 1.55. The molecule has 0 spiro atoms. The number of rotatable bonds is 4. The van der Waals surface area contributed by atoms with E-state index in [0.29, 0.717) is 23.5 Å². The van der Waals surface area contributed by atoms with Crippen molar-refractivity contribution in [1.29, 1.82) is 5.26 Å². The van der Waals surface area contributed by atoms with Gasteiger partial charge in [-0.15, -0.1) is 0 Å². The van der Waals surface area contributed by atoms with Gasteiger partial charge in [-0.1, -0.05) is 52.3 Å². The zero-order valence-electron chi connectivity index (χ0n) is 15.3. The molecule has 6 heteroatoms. The lowest BCUT2D eigenvalue weighted by molar-refractivity contribution is -0.112. The number of esters is 1. The van der Waals surface area contributed by atoms with Gasteiger partial charge in [0, 0.05) is 21.2 Å². The Morgan fingerprint density at radius 2 is 1.97 bits per heavy atom. The third kappa shape index (κ3) is 4.32. The molecule has 4 rings (SSSR count). The van der Waals surface area contributed by atoms with E-state index < -0.39 is 12.3 Å². The molecule has 1 aliphatic heterocycles. The first kappa shape index (κ1) is 19.2. The number of carbonyl (C=O) groups excluding carboxylic acids is 1. The highest BCUT2D eigenvalue weighted by Gasteiger charge is 2.25. The molecule has 5 nitrogen and oxygen atoms in total. The van der Waals surface area contributed by atoms with E-state index in [9.17, 15) is 4.79 Å². The Kier molecular flexibility index (Phi) is 5.61. The van der Waals surface area contributed by atoms with E-state index in [1.165, 1.54) is 6.07 Å². The molecule has 0 amide bonds. The molecule has 0 radical (unpaired) electrons. The number of nitrogens with zero attached hydrogens (tertiary/aromatic N) is 1. The Labute approximate surface area is 176 Å². The van der Waals surface area contributed by atoms with Gasteiger partial charge >= 0.3 is 5.97 Å². The molecule has 1 atom stereocenters. The quantitative estimate of drug-likeness (QED) is 0.506. The van der Waals surface area contributed by atoms with Crippen LogP contribution in [0, 0.1) is 11.3 Å². The van der Waals surface area contributed by atoms with Gasteiger partial charge in [0.05, 0.1) is 23.8 Å². The minimum atomic E-state index is -0.522. The number of ether oxygens (including phenoxy) is 3. The maximum absolute atomic E-state index is 12.4. The van der Waals surface area contributed by atoms with Crippen LogP contribution in [0.1, 0.15) is 38.9 Å². The summed E-state index contributed by atoms with van der Waals surface area (Å²) in [5.74, 6) is 0.161. The number of benzene rings is 3. The highest BCUT2D eigenvalue weighted by atomic mass is 79.9. The number of fused-ring (bicyclic) bond motifs is 1. The van der Waals surface area contributed by atoms with Crippen LogP contribution in [-0.4, -0.2) is 5.97 Å². The maximum Gasteiger partial charge on any atom is 0.338 e. The van der Waals surface area contributed by atoms with Crippen molar-refractivity contribution in [1.82, 2.24) is 0 Å². The molecule has 0 aliphatic carbocycles. The van der Waals surface area contributed by atoms with Gasteiger partial charge < -0.3 is 14.2 Å². The first-order chi connectivity index (χ1) is 14.1. The molecule has 3 aromatic rings. The monoisotopic (exact) mass is 449 g/mol. The zero-order chi connectivity index (χ0) is 20.2. The van der Waals surface area contributed by atoms with Gasteiger partial charge in [0.15, 0.2) is 0 Å². The molecular weight excluding hydrogens is 434 g/mol. The fourth-order valence-corrected chi connectivity index (χ4v) is 3.65. The second kappa shape index (κ2) is 8.48. The summed E-state index contributed by atoms with van der Waals surface area (Å²) in [6.45, 7) is 0.429. The van der Waals surface area contributed by atoms with E-state index in [-0.39, 0.29) is 6.61 Å². The second-order valence-corrected chi connectivity index (χ2v) is 7.41. The summed E-state index contributed by atoms with van der Waals surface area (Å²) in [6.07, 6.45) is -0.522. The predicted octanol–water partition coefficient (Wildman–Crippen LogP) is 5.29. The van der Waals surface area contributed by atoms with Gasteiger partial charge in [0.2, 0.25) is 6.29 Å². The molecule has 0 aromatic heterocycles. The number of hydrogen-bond donors (Lipinski definition) is 0. The molecule has 0 N–H and O–H groups in total. The van der Waals surface area contributed by atoms with Crippen LogP contribution in [0.25, 0.3) is 0 Å². The van der Waals surface area contributed by atoms with Crippen molar-refractivity contribution in [3.8, 4) is 11.8 Å². The van der Waals surface area contributed by atoms with Crippen LogP contribution >= 0.6 is 15.9 Å². The zero-order valence-corrected chi connectivity index (χ0v) is 16.9. The Bertz CT molecular complexity index is 1090. The van der Waals surface area contributed by atoms with Crippen LogP contribution in [0.15, 0.2) is 71.2 Å². The highest BCUT2D eigenvalue weighted by molar-refractivity contribution is 9.10. The summed E-state index contributed by atoms with van der Waals surface area (Å²) in [4.78, 5) is 12.4. The highest BCUT2D eigenvalue weighted by Crippen LogP contribution is 2.38. The molecule has 1 aliphatic rings. The fourth-order valence-electron chi connectivity index (χ4n) is 3.10. The van der Waals surface area contributed by atoms with Crippen LogP contribution < -0.4 is 4.74 Å². The van der Waals surface area contributed by atoms with Crippen LogP contribution in [0.4, 0.5) is 0 Å². The van der Waals surface area contributed by atoms with Crippen molar-refractivity contribution in [3.63, 3.8) is 0 Å². The van der Waals surface area contributed by atoms with Crippen molar-refractivity contribution >= 4 is 21.9 Å². The topological polar surface area (TPSA) is 68.6 Å². The van der Waals surface area contributed by atoms with Gasteiger partial charge in [0.1, 0.15) is 12.4 Å². The fraction of sp³-hybridized carbons (Fsp3) is 0.130. The van der Waals surface area contributed by atoms with Gasteiger partial charge in [0.25, 0.3) is 0 Å². The summed E-state index contributed by atoms with van der Waals surface area (Å²) in [6, 6.07) is 21.9. The number of hydrogen-bond acceptors (Lipinski definition) is 5. The number of halogens is 1. The molecule has 0 bridgehead atoms. The molecule has 1 heterocycles. The van der Waals surface area contributed by atoms with Gasteiger partial charge in [-0.05, 0) is 30.3 Å². The smallest absolute Gasteiger partial charge is 0.338 e. The minimum absolute atomic E-state index is 0.0406. The lowest BCUT2D eigenvalue weighted by atomic mass is 10.1. The van der Waals surface area contributed by atoms with E-state index in [0.717, 1.165) is 21.2 Å². The molecule has 0 saturated carbocycles. The van der Waals surface area contributed by atoms with E-state index >= 15 is 0 Å². The summed E-state index contributed by atoms with van der Waals surface area (Å²) in [5.41, 5.74) is 3.27. The minimum Gasteiger partial charge on any atom is -0.460 e.